The second kappa shape index (κ2) is 7.12. The fraction of sp³-hybridized carbons (Fsp3) is 0.364. The van der Waals surface area contributed by atoms with E-state index in [9.17, 15) is 9.18 Å². The third-order valence-corrected chi connectivity index (χ3v) is 5.64. The summed E-state index contributed by atoms with van der Waals surface area (Å²) in [6.07, 6.45) is 1.82. The van der Waals surface area contributed by atoms with Crippen molar-refractivity contribution < 1.29 is 13.6 Å². The number of fused-ring (bicyclic) bond motifs is 2. The number of carbonyl (C=O) groups is 1. The van der Waals surface area contributed by atoms with Gasteiger partial charge < -0.3 is 9.73 Å². The van der Waals surface area contributed by atoms with Crippen molar-refractivity contribution in [3.63, 3.8) is 0 Å². The number of imidazole rings is 1. The molecule has 0 aliphatic carbocycles. The molecule has 1 N–H and O–H groups in total. The maximum atomic E-state index is 14.8. The van der Waals surface area contributed by atoms with E-state index in [-0.39, 0.29) is 23.0 Å². The minimum Gasteiger partial charge on any atom is -0.432 e. The molecule has 9 heteroatoms. The van der Waals surface area contributed by atoms with Crippen LogP contribution in [0.5, 0.6) is 0 Å². The molecule has 3 aromatic heterocycles. The summed E-state index contributed by atoms with van der Waals surface area (Å²) >= 11 is 0. The highest BCUT2D eigenvalue weighted by Crippen LogP contribution is 2.28. The molecule has 0 saturated carbocycles. The second-order valence-electron chi connectivity index (χ2n) is 8.40. The van der Waals surface area contributed by atoms with E-state index in [0.29, 0.717) is 17.3 Å². The Morgan fingerprint density at radius 2 is 2.00 bits per heavy atom. The Balaban J connectivity index is 1.44. The molecule has 4 heterocycles. The Hall–Kier alpha value is -3.33. The molecular formula is C22H23FN6O2. The number of benzene rings is 1. The number of rotatable bonds is 4. The van der Waals surface area contributed by atoms with Gasteiger partial charge in [-0.25, -0.2) is 18.9 Å². The molecule has 0 atom stereocenters. The van der Waals surface area contributed by atoms with Crippen molar-refractivity contribution in [1.29, 1.82) is 0 Å². The minimum absolute atomic E-state index is 0.0302. The summed E-state index contributed by atoms with van der Waals surface area (Å²) in [5.41, 5.74) is 3.88. The normalized spacial score (nSPS) is 15.2. The second-order valence-corrected chi connectivity index (χ2v) is 8.40. The highest BCUT2D eigenvalue weighted by molar-refractivity contribution is 5.93. The number of nitrogens with zero attached hydrogens (tertiary/aromatic N) is 5. The monoisotopic (exact) mass is 422 g/mol. The summed E-state index contributed by atoms with van der Waals surface area (Å²) in [5.74, 6) is -1.14. The molecule has 1 fully saturated rings. The van der Waals surface area contributed by atoms with E-state index >= 15 is 0 Å². The van der Waals surface area contributed by atoms with E-state index in [1.807, 2.05) is 26.1 Å². The molecule has 0 spiro atoms. The quantitative estimate of drug-likeness (QED) is 0.544. The number of hydrogen-bond donors (Lipinski definition) is 1. The predicted molar refractivity (Wildman–Crippen MR) is 113 cm³/mol. The van der Waals surface area contributed by atoms with Crippen LogP contribution >= 0.6 is 0 Å². The minimum atomic E-state index is -0.564. The van der Waals surface area contributed by atoms with Gasteiger partial charge >= 0.3 is 5.91 Å². The van der Waals surface area contributed by atoms with Gasteiger partial charge in [-0.1, -0.05) is 0 Å². The van der Waals surface area contributed by atoms with Crippen molar-refractivity contribution >= 4 is 22.7 Å². The maximum absolute atomic E-state index is 14.8. The molecule has 31 heavy (non-hydrogen) atoms. The molecule has 160 valence electrons. The first kappa shape index (κ1) is 19.6. The first-order valence-electron chi connectivity index (χ1n) is 10.3. The van der Waals surface area contributed by atoms with Crippen molar-refractivity contribution in [3.8, 4) is 11.3 Å². The number of aromatic nitrogens is 4. The number of hydrogen-bond acceptors (Lipinski definition) is 6. The van der Waals surface area contributed by atoms with Crippen LogP contribution in [0.15, 0.2) is 28.8 Å². The first-order chi connectivity index (χ1) is 14.8. The molecule has 1 aliphatic rings. The molecular weight excluding hydrogens is 399 g/mol. The van der Waals surface area contributed by atoms with Crippen LogP contribution < -0.4 is 5.32 Å². The van der Waals surface area contributed by atoms with Crippen molar-refractivity contribution in [1.82, 2.24) is 29.8 Å². The fourth-order valence-electron chi connectivity index (χ4n) is 3.89. The van der Waals surface area contributed by atoms with Crippen molar-refractivity contribution in [2.24, 2.45) is 0 Å². The summed E-state index contributed by atoms with van der Waals surface area (Å²) < 4.78 is 22.1. The first-order valence-corrected chi connectivity index (χ1v) is 10.3. The molecule has 0 bridgehead atoms. The smallest absolute Gasteiger partial charge is 0.307 e. The lowest BCUT2D eigenvalue weighted by Crippen LogP contribution is -2.61. The summed E-state index contributed by atoms with van der Waals surface area (Å²) in [4.78, 5) is 23.3. The van der Waals surface area contributed by atoms with E-state index in [1.54, 1.807) is 10.6 Å². The number of aryl methyl sites for hydroxylation is 2. The fourth-order valence-corrected chi connectivity index (χ4v) is 3.89. The molecule has 4 aromatic rings. The van der Waals surface area contributed by atoms with Crippen LogP contribution in [0, 0.1) is 19.7 Å². The Morgan fingerprint density at radius 3 is 2.74 bits per heavy atom. The Morgan fingerprint density at radius 1 is 1.23 bits per heavy atom. The lowest BCUT2D eigenvalue weighted by Gasteiger charge is -2.42. The third kappa shape index (κ3) is 3.44. The van der Waals surface area contributed by atoms with Crippen LogP contribution in [-0.2, 0) is 0 Å². The van der Waals surface area contributed by atoms with Gasteiger partial charge in [-0.3, -0.25) is 9.69 Å². The summed E-state index contributed by atoms with van der Waals surface area (Å²) in [6, 6.07) is 5.35. The van der Waals surface area contributed by atoms with Gasteiger partial charge in [0.05, 0.1) is 23.6 Å². The number of carbonyl (C=O) groups excluding carboxylic acids is 1. The zero-order valence-electron chi connectivity index (χ0n) is 17.8. The molecule has 0 radical (unpaired) electrons. The number of halogens is 1. The van der Waals surface area contributed by atoms with Crippen LogP contribution in [-0.4, -0.2) is 55.6 Å². The zero-order chi connectivity index (χ0) is 21.9. The zero-order valence-corrected chi connectivity index (χ0v) is 17.8. The molecule has 1 aliphatic heterocycles. The van der Waals surface area contributed by atoms with Crippen LogP contribution in [0.3, 0.4) is 0 Å². The van der Waals surface area contributed by atoms with Gasteiger partial charge in [0, 0.05) is 24.7 Å². The van der Waals surface area contributed by atoms with Crippen molar-refractivity contribution in [2.45, 2.75) is 39.8 Å². The maximum Gasteiger partial charge on any atom is 0.307 e. The largest absolute Gasteiger partial charge is 0.432 e. The van der Waals surface area contributed by atoms with Gasteiger partial charge in [0.2, 0.25) is 0 Å². The van der Waals surface area contributed by atoms with E-state index in [2.05, 4.69) is 39.1 Å². The van der Waals surface area contributed by atoms with E-state index in [0.717, 1.165) is 30.0 Å². The Kier molecular flexibility index (Phi) is 4.51. The number of amides is 1. The summed E-state index contributed by atoms with van der Waals surface area (Å²) in [5, 5.41) is 7.43. The van der Waals surface area contributed by atoms with Gasteiger partial charge in [0.1, 0.15) is 5.52 Å². The van der Waals surface area contributed by atoms with Gasteiger partial charge in [-0.05, 0) is 51.5 Å². The molecule has 8 nitrogen and oxygen atoms in total. The number of oxazole rings is 1. The summed E-state index contributed by atoms with van der Waals surface area (Å²) in [7, 11) is 0. The van der Waals surface area contributed by atoms with Crippen LogP contribution in [0.2, 0.25) is 0 Å². The molecule has 1 saturated heterocycles. The van der Waals surface area contributed by atoms with E-state index in [4.69, 9.17) is 4.42 Å². The average Bonchev–Trinajstić information content (AvgIpc) is 3.27. The van der Waals surface area contributed by atoms with Gasteiger partial charge in [0.15, 0.2) is 17.0 Å². The number of likely N-dealkylation sites (tertiary alicyclic amines) is 1. The average molecular weight is 422 g/mol. The van der Waals surface area contributed by atoms with Crippen LogP contribution in [0.4, 0.5) is 4.39 Å². The lowest BCUT2D eigenvalue weighted by atomic mass is 10.1. The standard InChI is InChI=1S/C22H23FN6O2/c1-11(2)28-9-15(10-28)25-21(30)22-26-19-16(23)6-14(7-18(19)31-22)17-5-12(3)20-24-13(4)8-29(20)27-17/h5-8,11,15H,9-10H2,1-4H3,(H,25,30). The molecule has 1 aromatic carbocycles. The predicted octanol–water partition coefficient (Wildman–Crippen LogP) is 3.12. The van der Waals surface area contributed by atoms with Crippen LogP contribution in [0.25, 0.3) is 28.0 Å². The highest BCUT2D eigenvalue weighted by Gasteiger charge is 2.31. The lowest BCUT2D eigenvalue weighted by molar-refractivity contribution is 0.0690. The highest BCUT2D eigenvalue weighted by atomic mass is 19.1. The van der Waals surface area contributed by atoms with Crippen LogP contribution in [0.1, 0.15) is 35.8 Å². The molecule has 0 unspecified atom stereocenters. The van der Waals surface area contributed by atoms with E-state index < -0.39 is 11.7 Å². The molecule has 5 rings (SSSR count). The topological polar surface area (TPSA) is 88.6 Å². The number of nitrogens with one attached hydrogen (secondary N) is 1. The Labute approximate surface area is 178 Å². The van der Waals surface area contributed by atoms with Gasteiger partial charge in [0.25, 0.3) is 5.89 Å². The third-order valence-electron chi connectivity index (χ3n) is 5.64. The van der Waals surface area contributed by atoms with E-state index in [1.165, 1.54) is 6.07 Å². The van der Waals surface area contributed by atoms with Crippen molar-refractivity contribution in [2.75, 3.05) is 13.1 Å². The molecule has 1 amide bonds. The van der Waals surface area contributed by atoms with Gasteiger partial charge in [-0.2, -0.15) is 5.10 Å². The summed E-state index contributed by atoms with van der Waals surface area (Å²) in [6.45, 7) is 9.61. The van der Waals surface area contributed by atoms with Crippen molar-refractivity contribution in [3.05, 3.63) is 47.4 Å². The van der Waals surface area contributed by atoms with Gasteiger partial charge in [-0.15, -0.1) is 0 Å². The Bertz CT molecular complexity index is 1320. The SMILES string of the molecule is Cc1cn2nc(-c3cc(F)c4nc(C(=O)NC5CN(C(C)C)C5)oc4c3)cc(C)c2n1.